The molecule has 0 saturated heterocycles. The van der Waals surface area contributed by atoms with Gasteiger partial charge in [-0.3, -0.25) is 4.79 Å². The van der Waals surface area contributed by atoms with Gasteiger partial charge in [0.15, 0.2) is 0 Å². The van der Waals surface area contributed by atoms with Crippen LogP contribution in [0.2, 0.25) is 0 Å². The molecule has 0 heterocycles. The Balaban J connectivity index is 3.04. The molecule has 0 atom stereocenters. The highest BCUT2D eigenvalue weighted by molar-refractivity contribution is 5.95. The molecule has 0 spiro atoms. The van der Waals surface area contributed by atoms with Crippen LogP contribution in [0.4, 0.5) is 0 Å². The maximum Gasteiger partial charge on any atom is 0.249 e. The van der Waals surface area contributed by atoms with Gasteiger partial charge in [0, 0.05) is 11.1 Å². The Kier molecular flexibility index (Phi) is 4.12. The lowest BCUT2D eigenvalue weighted by atomic mass is 10.0. The van der Waals surface area contributed by atoms with E-state index in [0.717, 1.165) is 5.56 Å². The first kappa shape index (κ1) is 11.5. The number of ether oxygens (including phenoxy) is 1. The van der Waals surface area contributed by atoms with Crippen molar-refractivity contribution in [2.45, 2.75) is 13.3 Å². The molecule has 0 unspecified atom stereocenters. The molecule has 0 bridgehead atoms. The number of primary amides is 1. The molecular weight excluding hydrogens is 194 g/mol. The number of carbonyl (C=O) groups is 1. The second-order valence-corrected chi connectivity index (χ2v) is 3.07. The van der Waals surface area contributed by atoms with Crippen LogP contribution in [0.25, 0.3) is 0 Å². The summed E-state index contributed by atoms with van der Waals surface area (Å²) >= 11 is 0. The van der Waals surface area contributed by atoms with Crippen molar-refractivity contribution in [3.63, 3.8) is 0 Å². The average molecular weight is 209 g/mol. The van der Waals surface area contributed by atoms with Crippen LogP contribution in [0.1, 0.15) is 22.8 Å². The van der Waals surface area contributed by atoms with Crippen LogP contribution in [0.15, 0.2) is 18.2 Å². The molecule has 0 aliphatic rings. The van der Waals surface area contributed by atoms with Crippen LogP contribution in [0, 0.1) is 0 Å². The van der Waals surface area contributed by atoms with E-state index in [1.807, 2.05) is 6.92 Å². The van der Waals surface area contributed by atoms with Crippen molar-refractivity contribution in [2.75, 3.05) is 13.2 Å². The Morgan fingerprint density at radius 2 is 2.27 bits per heavy atom. The average Bonchev–Trinajstić information content (AvgIpc) is 2.25. The van der Waals surface area contributed by atoms with E-state index in [4.69, 9.17) is 15.6 Å². The van der Waals surface area contributed by atoms with Crippen molar-refractivity contribution in [1.29, 1.82) is 0 Å². The second kappa shape index (κ2) is 5.36. The molecule has 0 aliphatic heterocycles. The summed E-state index contributed by atoms with van der Waals surface area (Å²) in [4.78, 5) is 11.1. The summed E-state index contributed by atoms with van der Waals surface area (Å²) in [6.45, 7) is 2.09. The number of benzene rings is 1. The first-order chi connectivity index (χ1) is 7.20. The molecule has 1 rings (SSSR count). The van der Waals surface area contributed by atoms with Gasteiger partial charge in [-0.05, 0) is 18.6 Å². The predicted octanol–water partition coefficient (Wildman–Crippen LogP) is 0.719. The molecule has 1 aromatic carbocycles. The molecule has 3 N–H and O–H groups in total. The number of hydrogen-bond acceptors (Lipinski definition) is 3. The zero-order valence-electron chi connectivity index (χ0n) is 8.69. The van der Waals surface area contributed by atoms with Gasteiger partial charge in [-0.1, -0.05) is 13.0 Å². The van der Waals surface area contributed by atoms with Gasteiger partial charge < -0.3 is 15.6 Å². The summed E-state index contributed by atoms with van der Waals surface area (Å²) in [6, 6.07) is 5.15. The number of rotatable bonds is 5. The summed E-state index contributed by atoms with van der Waals surface area (Å²) in [5.74, 6) is 0.157. The fourth-order valence-corrected chi connectivity index (χ4v) is 1.45. The first-order valence-corrected chi connectivity index (χ1v) is 4.86. The third-order valence-corrected chi connectivity index (χ3v) is 2.10. The second-order valence-electron chi connectivity index (χ2n) is 3.07. The van der Waals surface area contributed by atoms with Crippen LogP contribution in [0.3, 0.4) is 0 Å². The van der Waals surface area contributed by atoms with Crippen molar-refractivity contribution < 1.29 is 14.6 Å². The van der Waals surface area contributed by atoms with E-state index in [0.29, 0.717) is 17.7 Å². The minimum Gasteiger partial charge on any atom is -0.491 e. The molecule has 1 amide bonds. The number of nitrogens with two attached hydrogens (primary N) is 1. The normalized spacial score (nSPS) is 10.0. The van der Waals surface area contributed by atoms with Gasteiger partial charge >= 0.3 is 0 Å². The zero-order valence-corrected chi connectivity index (χ0v) is 8.69. The summed E-state index contributed by atoms with van der Waals surface area (Å²) in [7, 11) is 0. The highest BCUT2D eigenvalue weighted by atomic mass is 16.5. The van der Waals surface area contributed by atoms with Gasteiger partial charge in [-0.15, -0.1) is 0 Å². The van der Waals surface area contributed by atoms with Crippen LogP contribution in [-0.4, -0.2) is 24.2 Å². The minimum absolute atomic E-state index is 0.0516. The number of hydrogen-bond donors (Lipinski definition) is 2. The molecule has 0 saturated carbocycles. The van der Waals surface area contributed by atoms with E-state index >= 15 is 0 Å². The lowest BCUT2D eigenvalue weighted by molar-refractivity contribution is 0.0999. The SMILES string of the molecule is CCc1c(OCCO)cccc1C(N)=O. The highest BCUT2D eigenvalue weighted by Crippen LogP contribution is 2.22. The molecule has 1 aromatic rings. The van der Waals surface area contributed by atoms with Crippen LogP contribution >= 0.6 is 0 Å². The standard InChI is InChI=1S/C11H15NO3/c1-2-8-9(11(12)14)4-3-5-10(8)15-7-6-13/h3-5,13H,2,6-7H2,1H3,(H2,12,14). The van der Waals surface area contributed by atoms with Crippen molar-refractivity contribution in [3.8, 4) is 5.75 Å². The number of carbonyl (C=O) groups excluding carboxylic acids is 1. The quantitative estimate of drug-likeness (QED) is 0.750. The van der Waals surface area contributed by atoms with Gasteiger partial charge in [0.05, 0.1) is 6.61 Å². The highest BCUT2D eigenvalue weighted by Gasteiger charge is 2.11. The Bertz CT molecular complexity index is 350. The number of aliphatic hydroxyl groups excluding tert-OH is 1. The predicted molar refractivity (Wildman–Crippen MR) is 56.9 cm³/mol. The van der Waals surface area contributed by atoms with Gasteiger partial charge in [0.25, 0.3) is 0 Å². The van der Waals surface area contributed by atoms with Gasteiger partial charge in [-0.2, -0.15) is 0 Å². The van der Waals surface area contributed by atoms with Crippen molar-refractivity contribution in [2.24, 2.45) is 5.73 Å². The maximum absolute atomic E-state index is 11.1. The zero-order chi connectivity index (χ0) is 11.3. The molecule has 0 aliphatic carbocycles. The third-order valence-electron chi connectivity index (χ3n) is 2.10. The molecule has 0 radical (unpaired) electrons. The molecule has 4 heteroatoms. The van der Waals surface area contributed by atoms with Crippen molar-refractivity contribution in [3.05, 3.63) is 29.3 Å². The minimum atomic E-state index is -0.457. The summed E-state index contributed by atoms with van der Waals surface area (Å²) in [5.41, 5.74) is 6.51. The van der Waals surface area contributed by atoms with E-state index in [1.165, 1.54) is 0 Å². The fraction of sp³-hybridized carbons (Fsp3) is 0.364. The molecule has 15 heavy (non-hydrogen) atoms. The van der Waals surface area contributed by atoms with Crippen LogP contribution in [-0.2, 0) is 6.42 Å². The molecule has 0 aromatic heterocycles. The monoisotopic (exact) mass is 209 g/mol. The smallest absolute Gasteiger partial charge is 0.249 e. The summed E-state index contributed by atoms with van der Waals surface area (Å²) in [6.07, 6.45) is 0.667. The van der Waals surface area contributed by atoms with Gasteiger partial charge in [0.1, 0.15) is 12.4 Å². The first-order valence-electron chi connectivity index (χ1n) is 4.86. The molecular formula is C11H15NO3. The van der Waals surface area contributed by atoms with Crippen molar-refractivity contribution in [1.82, 2.24) is 0 Å². The molecule has 0 fully saturated rings. The van der Waals surface area contributed by atoms with Crippen molar-refractivity contribution >= 4 is 5.91 Å². The largest absolute Gasteiger partial charge is 0.491 e. The van der Waals surface area contributed by atoms with E-state index in [1.54, 1.807) is 18.2 Å². The summed E-state index contributed by atoms with van der Waals surface area (Å²) < 4.78 is 5.31. The van der Waals surface area contributed by atoms with E-state index < -0.39 is 5.91 Å². The Labute approximate surface area is 88.7 Å². The number of aliphatic hydroxyl groups is 1. The van der Waals surface area contributed by atoms with E-state index in [9.17, 15) is 4.79 Å². The van der Waals surface area contributed by atoms with Gasteiger partial charge in [-0.25, -0.2) is 0 Å². The molecule has 82 valence electrons. The summed E-state index contributed by atoms with van der Waals surface area (Å²) in [5, 5.41) is 8.65. The maximum atomic E-state index is 11.1. The lowest BCUT2D eigenvalue weighted by Crippen LogP contribution is -2.15. The lowest BCUT2D eigenvalue weighted by Gasteiger charge is -2.11. The Hall–Kier alpha value is -1.55. The van der Waals surface area contributed by atoms with Crippen LogP contribution < -0.4 is 10.5 Å². The Morgan fingerprint density at radius 3 is 2.80 bits per heavy atom. The van der Waals surface area contributed by atoms with Gasteiger partial charge in [0.2, 0.25) is 5.91 Å². The third kappa shape index (κ3) is 2.70. The number of amides is 1. The topological polar surface area (TPSA) is 72.6 Å². The Morgan fingerprint density at radius 1 is 1.53 bits per heavy atom. The van der Waals surface area contributed by atoms with Crippen LogP contribution in [0.5, 0.6) is 5.75 Å². The molecule has 4 nitrogen and oxygen atoms in total. The van der Waals surface area contributed by atoms with E-state index in [-0.39, 0.29) is 13.2 Å². The fourth-order valence-electron chi connectivity index (χ4n) is 1.45. The van der Waals surface area contributed by atoms with E-state index in [2.05, 4.69) is 0 Å².